The zero-order valence-electron chi connectivity index (χ0n) is 20.6. The third-order valence-electron chi connectivity index (χ3n) is 4.12. The summed E-state index contributed by atoms with van der Waals surface area (Å²) in [4.78, 5) is 39.0. The number of rotatable bonds is 3. The van der Waals surface area contributed by atoms with E-state index in [-0.39, 0.29) is 12.2 Å². The lowest BCUT2D eigenvalue weighted by Crippen LogP contribution is -1.93. The SMILES string of the molecule is O=C(O)c1ccccc1.O=C(O)c1ccccc1.O=C(O)c1ccccc1.O=CO.Oc1cc(O)c(O)c(O)c1. The van der Waals surface area contributed by atoms with E-state index in [9.17, 15) is 14.4 Å². The number of aromatic carboxylic acids is 3. The van der Waals surface area contributed by atoms with Gasteiger partial charge in [-0.1, -0.05) is 54.6 Å². The van der Waals surface area contributed by atoms with Crippen LogP contribution in [-0.4, -0.2) is 65.2 Å². The molecule has 0 aliphatic carbocycles. The second kappa shape index (κ2) is 19.1. The van der Waals surface area contributed by atoms with Gasteiger partial charge in [-0.2, -0.15) is 0 Å². The topological polar surface area (TPSA) is 230 Å². The first-order valence-electron chi connectivity index (χ1n) is 10.8. The second-order valence-electron chi connectivity index (χ2n) is 6.95. The van der Waals surface area contributed by atoms with Crippen molar-refractivity contribution < 1.29 is 60.0 Å². The lowest BCUT2D eigenvalue weighted by atomic mass is 10.2. The molecule has 0 aliphatic heterocycles. The van der Waals surface area contributed by atoms with E-state index in [1.165, 1.54) is 0 Å². The van der Waals surface area contributed by atoms with Crippen molar-refractivity contribution in [3.63, 3.8) is 0 Å². The van der Waals surface area contributed by atoms with Crippen molar-refractivity contribution >= 4 is 24.4 Å². The zero-order valence-corrected chi connectivity index (χ0v) is 20.6. The van der Waals surface area contributed by atoms with Gasteiger partial charge >= 0.3 is 17.9 Å². The first kappa shape index (κ1) is 34.0. The summed E-state index contributed by atoms with van der Waals surface area (Å²) >= 11 is 0. The lowest BCUT2D eigenvalue weighted by molar-refractivity contribution is -0.122. The molecule has 0 bridgehead atoms. The third kappa shape index (κ3) is 14.5. The smallest absolute Gasteiger partial charge is 0.335 e. The Morgan fingerprint density at radius 2 is 0.725 bits per heavy atom. The maximum Gasteiger partial charge on any atom is 0.335 e. The summed E-state index contributed by atoms with van der Waals surface area (Å²) in [6.45, 7) is -0.250. The molecule has 4 rings (SSSR count). The fourth-order valence-electron chi connectivity index (χ4n) is 2.33. The molecule has 12 nitrogen and oxygen atoms in total. The van der Waals surface area contributed by atoms with E-state index in [4.69, 9.17) is 45.6 Å². The number of benzene rings is 4. The normalized spacial score (nSPS) is 8.70. The molecule has 0 atom stereocenters. The van der Waals surface area contributed by atoms with Crippen LogP contribution >= 0.6 is 0 Å². The minimum atomic E-state index is -0.879. The van der Waals surface area contributed by atoms with E-state index in [1.807, 2.05) is 0 Å². The fourth-order valence-corrected chi connectivity index (χ4v) is 2.33. The summed E-state index contributed by atoms with van der Waals surface area (Å²) in [5.41, 5.74) is 0.993. The molecule has 8 N–H and O–H groups in total. The molecule has 0 heterocycles. The molecular formula is C28H26O12. The molecule has 4 aromatic rings. The van der Waals surface area contributed by atoms with E-state index in [0.29, 0.717) is 16.7 Å². The van der Waals surface area contributed by atoms with E-state index >= 15 is 0 Å². The largest absolute Gasteiger partial charge is 0.508 e. The van der Waals surface area contributed by atoms with Crippen molar-refractivity contribution in [1.82, 2.24) is 0 Å². The van der Waals surface area contributed by atoms with Crippen LogP contribution in [0.25, 0.3) is 0 Å². The van der Waals surface area contributed by atoms with Crippen molar-refractivity contribution in [3.8, 4) is 23.0 Å². The minimum absolute atomic E-state index is 0.250. The summed E-state index contributed by atoms with van der Waals surface area (Å²) in [5.74, 6) is -4.65. The molecule has 210 valence electrons. The molecule has 0 fully saturated rings. The summed E-state index contributed by atoms with van der Waals surface area (Å²) in [7, 11) is 0. The quantitative estimate of drug-likeness (QED) is 0.100. The summed E-state index contributed by atoms with van der Waals surface area (Å²) in [6.07, 6.45) is 0. The summed E-state index contributed by atoms with van der Waals surface area (Å²) in [5, 5.41) is 66.9. The van der Waals surface area contributed by atoms with Gasteiger partial charge in [0.05, 0.1) is 16.7 Å². The van der Waals surface area contributed by atoms with Crippen molar-refractivity contribution in [2.24, 2.45) is 0 Å². The number of carboxylic acid groups (broad SMARTS) is 4. The highest BCUT2D eigenvalue weighted by Gasteiger charge is 2.06. The maximum absolute atomic E-state index is 10.2. The molecule has 0 aliphatic rings. The molecule has 0 amide bonds. The van der Waals surface area contributed by atoms with Crippen molar-refractivity contribution in [2.75, 3.05) is 0 Å². The van der Waals surface area contributed by atoms with E-state index in [0.717, 1.165) is 12.1 Å². The van der Waals surface area contributed by atoms with Crippen molar-refractivity contribution in [3.05, 3.63) is 120 Å². The van der Waals surface area contributed by atoms with Crippen LogP contribution < -0.4 is 0 Å². The van der Waals surface area contributed by atoms with Crippen LogP contribution in [0.2, 0.25) is 0 Å². The van der Waals surface area contributed by atoms with Crippen molar-refractivity contribution in [1.29, 1.82) is 0 Å². The summed E-state index contributed by atoms with van der Waals surface area (Å²) < 4.78 is 0. The number of hydrogen-bond donors (Lipinski definition) is 8. The highest BCUT2D eigenvalue weighted by atomic mass is 16.4. The predicted octanol–water partition coefficient (Wildman–Crippen LogP) is 4.36. The number of aromatic hydroxyl groups is 4. The van der Waals surface area contributed by atoms with Gasteiger partial charge in [0.25, 0.3) is 6.47 Å². The van der Waals surface area contributed by atoms with Crippen LogP contribution in [-0.2, 0) is 4.79 Å². The Morgan fingerprint density at radius 1 is 0.500 bits per heavy atom. The molecular weight excluding hydrogens is 528 g/mol. The van der Waals surface area contributed by atoms with Crippen LogP contribution in [0.1, 0.15) is 31.1 Å². The minimum Gasteiger partial charge on any atom is -0.508 e. The van der Waals surface area contributed by atoms with Crippen molar-refractivity contribution in [2.45, 2.75) is 0 Å². The number of phenols is 4. The van der Waals surface area contributed by atoms with E-state index in [2.05, 4.69) is 0 Å². The molecule has 12 heteroatoms. The molecule has 40 heavy (non-hydrogen) atoms. The lowest BCUT2D eigenvalue weighted by Gasteiger charge is -1.99. The van der Waals surface area contributed by atoms with Gasteiger partial charge < -0.3 is 40.9 Å². The Kier molecular flexibility index (Phi) is 16.2. The zero-order chi connectivity index (χ0) is 30.5. The molecule has 0 spiro atoms. The van der Waals surface area contributed by atoms with Crippen LogP contribution in [0.15, 0.2) is 103 Å². The number of phenolic OH excluding ortho intramolecular Hbond substituents is 4. The Hall–Kier alpha value is -6.04. The van der Waals surface area contributed by atoms with E-state index < -0.39 is 35.2 Å². The van der Waals surface area contributed by atoms with Crippen LogP contribution in [0.4, 0.5) is 0 Å². The highest BCUT2D eigenvalue weighted by Crippen LogP contribution is 2.37. The molecule has 0 saturated carbocycles. The maximum atomic E-state index is 10.2. The highest BCUT2D eigenvalue weighted by molar-refractivity contribution is 5.88. The van der Waals surface area contributed by atoms with Gasteiger partial charge in [-0.3, -0.25) is 4.79 Å². The van der Waals surface area contributed by atoms with Gasteiger partial charge in [0, 0.05) is 12.1 Å². The summed E-state index contributed by atoms with van der Waals surface area (Å²) in [6, 6.07) is 26.7. The van der Waals surface area contributed by atoms with Gasteiger partial charge in [0.15, 0.2) is 11.5 Å². The van der Waals surface area contributed by atoms with Gasteiger partial charge in [-0.05, 0) is 36.4 Å². The Bertz CT molecular complexity index is 1180. The molecule has 0 radical (unpaired) electrons. The Balaban J connectivity index is 0.000000491. The molecule has 0 unspecified atom stereocenters. The van der Waals surface area contributed by atoms with Gasteiger partial charge in [-0.25, -0.2) is 14.4 Å². The second-order valence-corrected chi connectivity index (χ2v) is 6.95. The van der Waals surface area contributed by atoms with E-state index in [1.54, 1.807) is 91.0 Å². The Morgan fingerprint density at radius 3 is 0.900 bits per heavy atom. The number of hydrogen-bond acceptors (Lipinski definition) is 8. The number of carbonyl (C=O) groups is 4. The third-order valence-corrected chi connectivity index (χ3v) is 4.12. The average Bonchev–Trinajstić information content (AvgIpc) is 2.94. The first-order valence-corrected chi connectivity index (χ1v) is 10.8. The van der Waals surface area contributed by atoms with Crippen LogP contribution in [0, 0.1) is 0 Å². The average molecular weight is 555 g/mol. The van der Waals surface area contributed by atoms with Crippen LogP contribution in [0.3, 0.4) is 0 Å². The number of carboxylic acids is 3. The monoisotopic (exact) mass is 554 g/mol. The van der Waals surface area contributed by atoms with Gasteiger partial charge in [0.2, 0.25) is 5.75 Å². The van der Waals surface area contributed by atoms with Crippen LogP contribution in [0.5, 0.6) is 23.0 Å². The Labute approximate surface area is 227 Å². The van der Waals surface area contributed by atoms with Gasteiger partial charge in [-0.15, -0.1) is 0 Å². The van der Waals surface area contributed by atoms with Gasteiger partial charge in [0.1, 0.15) is 5.75 Å². The molecule has 4 aromatic carbocycles. The fraction of sp³-hybridized carbons (Fsp3) is 0. The first-order chi connectivity index (χ1) is 18.9. The molecule has 0 aromatic heterocycles. The molecule has 0 saturated heterocycles. The standard InChI is InChI=1S/3C7H6O2.C6H6O4.CH2O2/c3*8-7(9)6-4-2-1-3-5-6;7-3-1-4(8)6(10)5(9)2-3;2-1-3/h3*1-5H,(H,8,9);1-2,7-10H;1H,(H,2,3). The predicted molar refractivity (Wildman–Crippen MR) is 142 cm³/mol.